The Kier molecular flexibility index (Phi) is 8.54. The summed E-state index contributed by atoms with van der Waals surface area (Å²) in [5, 5.41) is 0. The fourth-order valence-corrected chi connectivity index (χ4v) is 7.65. The zero-order chi connectivity index (χ0) is 29.9. The van der Waals surface area contributed by atoms with Gasteiger partial charge in [-0.25, -0.2) is 0 Å². The maximum Gasteiger partial charge on any atom is 0.159 e. The summed E-state index contributed by atoms with van der Waals surface area (Å²) < 4.78 is 17.4. The predicted octanol–water partition coefficient (Wildman–Crippen LogP) is 8.49. The molecule has 0 N–H and O–H groups in total. The molecule has 0 unspecified atom stereocenters. The van der Waals surface area contributed by atoms with Crippen LogP contribution in [0.1, 0.15) is 64.6 Å². The molecule has 1 saturated heterocycles. The quantitative estimate of drug-likeness (QED) is 0.184. The van der Waals surface area contributed by atoms with Crippen LogP contribution in [-0.2, 0) is 35.3 Å². The summed E-state index contributed by atoms with van der Waals surface area (Å²) in [5.74, 6) is 1.39. The van der Waals surface area contributed by atoms with Crippen LogP contribution in [0.5, 0.6) is 5.75 Å². The lowest BCUT2D eigenvalue weighted by molar-refractivity contribution is -0.141. The number of ether oxygens (including phenoxy) is 3. The van der Waals surface area contributed by atoms with Gasteiger partial charge in [-0.05, 0) is 119 Å². The van der Waals surface area contributed by atoms with E-state index in [1.165, 1.54) is 69.5 Å². The first kappa shape index (κ1) is 28.9. The summed E-state index contributed by atoms with van der Waals surface area (Å²) >= 11 is 0. The highest BCUT2D eigenvalue weighted by molar-refractivity contribution is 6.01. The molecule has 4 aromatic rings. The molecular weight excluding hydrogens is 542 g/mol. The van der Waals surface area contributed by atoms with Gasteiger partial charge in [0.25, 0.3) is 0 Å². The van der Waals surface area contributed by atoms with E-state index in [-0.39, 0.29) is 6.29 Å². The zero-order valence-electron chi connectivity index (χ0n) is 26.1. The normalized spacial score (nSPS) is 16.8. The van der Waals surface area contributed by atoms with Crippen molar-refractivity contribution in [2.24, 2.45) is 5.92 Å². The van der Waals surface area contributed by atoms with E-state index < -0.39 is 0 Å². The van der Waals surface area contributed by atoms with Crippen molar-refractivity contribution in [3.8, 4) is 5.75 Å². The van der Waals surface area contributed by atoms with Crippen molar-refractivity contribution in [1.29, 1.82) is 0 Å². The van der Waals surface area contributed by atoms with Crippen LogP contribution in [0.25, 0.3) is 11.1 Å². The Morgan fingerprint density at radius 1 is 0.727 bits per heavy atom. The van der Waals surface area contributed by atoms with Gasteiger partial charge in [-0.3, -0.25) is 0 Å². The molecule has 0 spiro atoms. The number of allylic oxidation sites excluding steroid dienone is 1. The van der Waals surface area contributed by atoms with E-state index in [0.29, 0.717) is 12.5 Å². The monoisotopic (exact) mass is 585 g/mol. The van der Waals surface area contributed by atoms with Gasteiger partial charge in [-0.1, -0.05) is 66.7 Å². The van der Waals surface area contributed by atoms with Crippen molar-refractivity contribution in [1.82, 2.24) is 0 Å². The van der Waals surface area contributed by atoms with Crippen LogP contribution < -0.4 is 9.64 Å². The third-order valence-corrected chi connectivity index (χ3v) is 9.92. The highest BCUT2D eigenvalue weighted by Crippen LogP contribution is 2.44. The minimum absolute atomic E-state index is 0.111. The van der Waals surface area contributed by atoms with Gasteiger partial charge < -0.3 is 19.1 Å². The summed E-state index contributed by atoms with van der Waals surface area (Å²) in [7, 11) is 3.49. The molecule has 1 fully saturated rings. The van der Waals surface area contributed by atoms with E-state index >= 15 is 0 Å². The average Bonchev–Trinajstić information content (AvgIpc) is 3.58. The Morgan fingerprint density at radius 2 is 1.52 bits per heavy atom. The van der Waals surface area contributed by atoms with E-state index in [9.17, 15) is 0 Å². The average molecular weight is 586 g/mol. The number of aryl methyl sites for hydroxylation is 2. The van der Waals surface area contributed by atoms with Crippen LogP contribution in [0.4, 0.5) is 5.69 Å². The molecular formula is C40H43NO3. The second kappa shape index (κ2) is 13.0. The lowest BCUT2D eigenvalue weighted by Crippen LogP contribution is -2.39. The molecule has 7 rings (SSSR count). The fraction of sp³-hybridized carbons (Fsp3) is 0.350. The van der Waals surface area contributed by atoms with Gasteiger partial charge >= 0.3 is 0 Å². The molecule has 0 atom stereocenters. The summed E-state index contributed by atoms with van der Waals surface area (Å²) in [5.41, 5.74) is 13.9. The van der Waals surface area contributed by atoms with Crippen LogP contribution >= 0.6 is 0 Å². The van der Waals surface area contributed by atoms with Crippen molar-refractivity contribution in [2.45, 2.75) is 57.8 Å². The van der Waals surface area contributed by atoms with E-state index in [1.807, 2.05) is 6.07 Å². The van der Waals surface area contributed by atoms with Gasteiger partial charge in [0.15, 0.2) is 6.29 Å². The minimum atomic E-state index is -0.111. The first-order valence-corrected chi connectivity index (χ1v) is 16.3. The van der Waals surface area contributed by atoms with Gasteiger partial charge in [0.05, 0.1) is 0 Å². The first-order chi connectivity index (χ1) is 21.7. The minimum Gasteiger partial charge on any atom is -0.489 e. The molecule has 226 valence electrons. The molecule has 0 aromatic heterocycles. The predicted molar refractivity (Wildman–Crippen MR) is 179 cm³/mol. The van der Waals surface area contributed by atoms with Crippen LogP contribution in [-0.4, -0.2) is 33.6 Å². The van der Waals surface area contributed by atoms with E-state index in [2.05, 4.69) is 89.8 Å². The van der Waals surface area contributed by atoms with Gasteiger partial charge in [-0.2, -0.15) is 0 Å². The van der Waals surface area contributed by atoms with Crippen molar-refractivity contribution in [2.75, 3.05) is 32.2 Å². The number of hydrogen-bond acceptors (Lipinski definition) is 4. The number of benzene rings is 4. The molecule has 1 aliphatic heterocycles. The standard InChI is InChI=1S/C40H43NO3/c1-42-40(43-2)31-22-24-41(25-23-31)33-17-14-30(15-18-33)39-36-21-19-34(44-27-28-8-4-3-5-9-28)26-32(36)16-20-38(39)37-13-7-11-29-10-6-12-35(29)37/h3-5,7-9,11,13-15,17-19,21,26,31,40H,6,10,12,16,20,22-25,27H2,1-2H3. The molecule has 44 heavy (non-hydrogen) atoms. The van der Waals surface area contributed by atoms with E-state index in [4.69, 9.17) is 14.2 Å². The number of nitrogens with zero attached hydrogens (tertiary/aromatic N) is 1. The van der Waals surface area contributed by atoms with E-state index in [1.54, 1.807) is 19.8 Å². The first-order valence-electron chi connectivity index (χ1n) is 16.3. The lowest BCUT2D eigenvalue weighted by atomic mass is 9.78. The van der Waals surface area contributed by atoms with Gasteiger partial charge in [0.2, 0.25) is 0 Å². The van der Waals surface area contributed by atoms with Crippen LogP contribution in [0, 0.1) is 5.92 Å². The molecule has 3 aliphatic rings. The molecule has 4 nitrogen and oxygen atoms in total. The Balaban J connectivity index is 1.20. The van der Waals surface area contributed by atoms with Crippen molar-refractivity contribution >= 4 is 16.8 Å². The second-order valence-corrected chi connectivity index (χ2v) is 12.5. The van der Waals surface area contributed by atoms with E-state index in [0.717, 1.165) is 44.5 Å². The number of hydrogen-bond donors (Lipinski definition) is 0. The van der Waals surface area contributed by atoms with Gasteiger partial charge in [0, 0.05) is 38.9 Å². The van der Waals surface area contributed by atoms with Crippen molar-refractivity contribution in [3.63, 3.8) is 0 Å². The summed E-state index contributed by atoms with van der Waals surface area (Å²) in [4.78, 5) is 2.51. The maximum absolute atomic E-state index is 6.25. The highest BCUT2D eigenvalue weighted by Gasteiger charge is 2.28. The van der Waals surface area contributed by atoms with Crippen LogP contribution in [0.15, 0.2) is 91.0 Å². The zero-order valence-corrected chi connectivity index (χ0v) is 26.1. The Bertz CT molecular complexity index is 1610. The Labute approximate surface area is 262 Å². The van der Waals surface area contributed by atoms with Gasteiger partial charge in [-0.15, -0.1) is 0 Å². The summed E-state index contributed by atoms with van der Waals surface area (Å²) in [6.07, 6.45) is 7.74. The Hall–Kier alpha value is -3.86. The largest absolute Gasteiger partial charge is 0.489 e. The SMILES string of the molecule is COC(OC)C1CCN(c2ccc(C3=C(c4cccc5c4CCC5)CCc4cc(OCc5ccccc5)ccc43)cc2)CC1. The number of methoxy groups -OCH3 is 2. The third-order valence-electron chi connectivity index (χ3n) is 9.92. The Morgan fingerprint density at radius 3 is 2.30 bits per heavy atom. The second-order valence-electron chi connectivity index (χ2n) is 12.5. The molecule has 0 radical (unpaired) electrons. The molecule has 0 bridgehead atoms. The summed E-state index contributed by atoms with van der Waals surface area (Å²) in [6.45, 7) is 2.62. The maximum atomic E-state index is 6.25. The number of anilines is 1. The topological polar surface area (TPSA) is 30.9 Å². The number of fused-ring (bicyclic) bond motifs is 2. The summed E-state index contributed by atoms with van der Waals surface area (Å²) in [6, 6.07) is 33.5. The van der Waals surface area contributed by atoms with Crippen LogP contribution in [0.2, 0.25) is 0 Å². The third kappa shape index (κ3) is 5.81. The van der Waals surface area contributed by atoms with Crippen molar-refractivity contribution < 1.29 is 14.2 Å². The molecule has 0 saturated carbocycles. The van der Waals surface area contributed by atoms with Crippen molar-refractivity contribution in [3.05, 3.63) is 130 Å². The number of piperidine rings is 1. The smallest absolute Gasteiger partial charge is 0.159 e. The lowest BCUT2D eigenvalue weighted by Gasteiger charge is -2.36. The molecule has 2 aliphatic carbocycles. The highest BCUT2D eigenvalue weighted by atomic mass is 16.7. The molecule has 4 heteroatoms. The van der Waals surface area contributed by atoms with Crippen LogP contribution in [0.3, 0.4) is 0 Å². The molecule has 4 aromatic carbocycles. The molecule has 1 heterocycles. The number of rotatable bonds is 9. The fourth-order valence-electron chi connectivity index (χ4n) is 7.65. The van der Waals surface area contributed by atoms with Gasteiger partial charge in [0.1, 0.15) is 12.4 Å². The molecule has 0 amide bonds.